The molecule has 0 saturated carbocycles. The van der Waals surface area contributed by atoms with Crippen molar-refractivity contribution in [3.8, 4) is 0 Å². The Morgan fingerprint density at radius 2 is 2.06 bits per heavy atom. The molecular formula is C14H18O3. The van der Waals surface area contributed by atoms with Crippen LogP contribution in [0, 0.1) is 0 Å². The maximum Gasteiger partial charge on any atom is 0.313 e. The second-order valence-electron chi connectivity index (χ2n) is 4.58. The molecule has 0 aromatic heterocycles. The third-order valence-corrected chi connectivity index (χ3v) is 3.41. The Morgan fingerprint density at radius 3 is 2.71 bits per heavy atom. The zero-order valence-electron chi connectivity index (χ0n) is 10.1. The minimum atomic E-state index is -0.817. The van der Waals surface area contributed by atoms with Crippen LogP contribution in [0.25, 0.3) is 0 Å². The third kappa shape index (κ3) is 2.67. The summed E-state index contributed by atoms with van der Waals surface area (Å²) in [5.74, 6) is -1.37. The molecule has 1 aromatic rings. The van der Waals surface area contributed by atoms with E-state index in [9.17, 15) is 9.90 Å². The summed E-state index contributed by atoms with van der Waals surface area (Å²) in [5, 5.41) is 9.18. The quantitative estimate of drug-likeness (QED) is 0.870. The van der Waals surface area contributed by atoms with Crippen molar-refractivity contribution in [1.82, 2.24) is 0 Å². The number of aryl methyl sites for hydroxylation is 2. The SMILES string of the molecule is COCC(C(=O)O)c1ccc2c(c1)CCCC2. The van der Waals surface area contributed by atoms with Gasteiger partial charge in [-0.1, -0.05) is 18.2 Å². The largest absolute Gasteiger partial charge is 0.481 e. The molecule has 92 valence electrons. The van der Waals surface area contributed by atoms with Gasteiger partial charge in [0.1, 0.15) is 5.92 Å². The molecule has 0 radical (unpaired) electrons. The van der Waals surface area contributed by atoms with Gasteiger partial charge < -0.3 is 9.84 Å². The molecule has 0 fully saturated rings. The Morgan fingerprint density at radius 1 is 1.35 bits per heavy atom. The number of hydrogen-bond acceptors (Lipinski definition) is 2. The van der Waals surface area contributed by atoms with Gasteiger partial charge in [-0.2, -0.15) is 0 Å². The molecule has 0 saturated heterocycles. The van der Waals surface area contributed by atoms with Crippen LogP contribution in [-0.2, 0) is 22.4 Å². The van der Waals surface area contributed by atoms with Gasteiger partial charge >= 0.3 is 5.97 Å². The molecule has 3 heteroatoms. The maximum absolute atomic E-state index is 11.2. The van der Waals surface area contributed by atoms with Crippen LogP contribution in [-0.4, -0.2) is 24.8 Å². The van der Waals surface area contributed by atoms with Gasteiger partial charge in [-0.25, -0.2) is 0 Å². The van der Waals surface area contributed by atoms with Crippen LogP contribution in [0.4, 0.5) is 0 Å². The van der Waals surface area contributed by atoms with Gasteiger partial charge in [-0.05, 0) is 42.4 Å². The number of hydrogen-bond donors (Lipinski definition) is 1. The van der Waals surface area contributed by atoms with E-state index >= 15 is 0 Å². The smallest absolute Gasteiger partial charge is 0.313 e. The normalized spacial score (nSPS) is 16.3. The highest BCUT2D eigenvalue weighted by atomic mass is 16.5. The Bertz CT molecular complexity index is 412. The molecule has 1 aromatic carbocycles. The Hall–Kier alpha value is -1.35. The van der Waals surface area contributed by atoms with Crippen molar-refractivity contribution in [1.29, 1.82) is 0 Å². The van der Waals surface area contributed by atoms with Crippen molar-refractivity contribution in [2.75, 3.05) is 13.7 Å². The van der Waals surface area contributed by atoms with E-state index in [1.54, 1.807) is 0 Å². The summed E-state index contributed by atoms with van der Waals surface area (Å²) in [5.41, 5.74) is 3.55. The molecule has 1 N–H and O–H groups in total. The van der Waals surface area contributed by atoms with Gasteiger partial charge in [0.25, 0.3) is 0 Å². The van der Waals surface area contributed by atoms with Gasteiger partial charge in [0.2, 0.25) is 0 Å². The van der Waals surface area contributed by atoms with Gasteiger partial charge in [-0.3, -0.25) is 4.79 Å². The lowest BCUT2D eigenvalue weighted by atomic mass is 9.88. The summed E-state index contributed by atoms with van der Waals surface area (Å²) in [7, 11) is 1.54. The molecule has 1 unspecified atom stereocenters. The summed E-state index contributed by atoms with van der Waals surface area (Å²) in [4.78, 5) is 11.2. The predicted molar refractivity (Wildman–Crippen MR) is 65.3 cm³/mol. The van der Waals surface area contributed by atoms with E-state index in [4.69, 9.17) is 4.74 Å². The van der Waals surface area contributed by atoms with Crippen LogP contribution in [0.15, 0.2) is 18.2 Å². The fraction of sp³-hybridized carbons (Fsp3) is 0.500. The molecule has 0 heterocycles. The van der Waals surface area contributed by atoms with Crippen molar-refractivity contribution >= 4 is 5.97 Å². The van der Waals surface area contributed by atoms with E-state index in [0.29, 0.717) is 0 Å². The highest BCUT2D eigenvalue weighted by molar-refractivity contribution is 5.76. The van der Waals surface area contributed by atoms with Gasteiger partial charge in [0, 0.05) is 7.11 Å². The highest BCUT2D eigenvalue weighted by Gasteiger charge is 2.21. The average Bonchev–Trinajstić information content (AvgIpc) is 2.35. The predicted octanol–water partition coefficient (Wildman–Crippen LogP) is 2.38. The highest BCUT2D eigenvalue weighted by Crippen LogP contribution is 2.26. The molecule has 0 spiro atoms. The zero-order chi connectivity index (χ0) is 12.3. The molecular weight excluding hydrogens is 216 g/mol. The Kier molecular flexibility index (Phi) is 3.79. The van der Waals surface area contributed by atoms with Crippen LogP contribution < -0.4 is 0 Å². The van der Waals surface area contributed by atoms with E-state index in [0.717, 1.165) is 18.4 Å². The van der Waals surface area contributed by atoms with Crippen LogP contribution in [0.1, 0.15) is 35.4 Å². The molecule has 17 heavy (non-hydrogen) atoms. The Labute approximate surface area is 101 Å². The standard InChI is InChI=1S/C14H18O3/c1-17-9-13(14(15)16)12-7-6-10-4-2-3-5-11(10)8-12/h6-8,13H,2-5,9H2,1H3,(H,15,16). The number of rotatable bonds is 4. The Balaban J connectivity index is 2.28. The summed E-state index contributed by atoms with van der Waals surface area (Å²) in [6, 6.07) is 6.06. The van der Waals surface area contributed by atoms with Crippen molar-refractivity contribution in [2.24, 2.45) is 0 Å². The topological polar surface area (TPSA) is 46.5 Å². The van der Waals surface area contributed by atoms with Gasteiger partial charge in [0.15, 0.2) is 0 Å². The summed E-state index contributed by atoms with van der Waals surface area (Å²) >= 11 is 0. The number of benzene rings is 1. The van der Waals surface area contributed by atoms with Gasteiger partial charge in [0.05, 0.1) is 6.61 Å². The molecule has 0 bridgehead atoms. The fourth-order valence-corrected chi connectivity index (χ4v) is 2.45. The first-order valence-electron chi connectivity index (χ1n) is 6.06. The summed E-state index contributed by atoms with van der Waals surface area (Å²) < 4.78 is 4.98. The number of carboxylic acid groups (broad SMARTS) is 1. The fourth-order valence-electron chi connectivity index (χ4n) is 2.45. The second kappa shape index (κ2) is 5.32. The van der Waals surface area contributed by atoms with Crippen LogP contribution >= 0.6 is 0 Å². The number of aliphatic carboxylic acids is 1. The van der Waals surface area contributed by atoms with Crippen molar-refractivity contribution in [3.63, 3.8) is 0 Å². The van der Waals surface area contributed by atoms with Crippen molar-refractivity contribution < 1.29 is 14.6 Å². The van der Waals surface area contributed by atoms with E-state index in [1.807, 2.05) is 12.1 Å². The van der Waals surface area contributed by atoms with E-state index < -0.39 is 11.9 Å². The lowest BCUT2D eigenvalue weighted by Crippen LogP contribution is -2.17. The van der Waals surface area contributed by atoms with Crippen LogP contribution in [0.3, 0.4) is 0 Å². The minimum absolute atomic E-state index is 0.230. The van der Waals surface area contributed by atoms with E-state index in [2.05, 4.69) is 6.07 Å². The van der Waals surface area contributed by atoms with E-state index in [-0.39, 0.29) is 6.61 Å². The summed E-state index contributed by atoms with van der Waals surface area (Å²) in [6.07, 6.45) is 4.64. The first-order valence-corrected chi connectivity index (χ1v) is 6.06. The van der Waals surface area contributed by atoms with Crippen LogP contribution in [0.2, 0.25) is 0 Å². The number of methoxy groups -OCH3 is 1. The van der Waals surface area contributed by atoms with Gasteiger partial charge in [-0.15, -0.1) is 0 Å². The third-order valence-electron chi connectivity index (χ3n) is 3.41. The second-order valence-corrected chi connectivity index (χ2v) is 4.58. The lowest BCUT2D eigenvalue weighted by molar-refractivity contribution is -0.140. The first kappa shape index (κ1) is 12.1. The monoisotopic (exact) mass is 234 g/mol. The molecule has 0 aliphatic heterocycles. The maximum atomic E-state index is 11.2. The number of carboxylic acids is 1. The van der Waals surface area contributed by atoms with E-state index in [1.165, 1.54) is 31.1 Å². The zero-order valence-corrected chi connectivity index (χ0v) is 10.1. The molecule has 1 aliphatic rings. The lowest BCUT2D eigenvalue weighted by Gasteiger charge is -2.19. The molecule has 0 amide bonds. The minimum Gasteiger partial charge on any atom is -0.481 e. The summed E-state index contributed by atoms with van der Waals surface area (Å²) in [6.45, 7) is 0.230. The number of carbonyl (C=O) groups is 1. The van der Waals surface area contributed by atoms with Crippen molar-refractivity contribution in [3.05, 3.63) is 34.9 Å². The van der Waals surface area contributed by atoms with Crippen LogP contribution in [0.5, 0.6) is 0 Å². The van der Waals surface area contributed by atoms with Crippen molar-refractivity contribution in [2.45, 2.75) is 31.6 Å². The number of fused-ring (bicyclic) bond motifs is 1. The first-order chi connectivity index (χ1) is 8.22. The molecule has 3 nitrogen and oxygen atoms in total. The molecule has 1 aliphatic carbocycles. The number of ether oxygens (including phenoxy) is 1. The average molecular weight is 234 g/mol. The molecule has 2 rings (SSSR count). The molecule has 1 atom stereocenters.